The van der Waals surface area contributed by atoms with Crippen molar-refractivity contribution in [2.75, 3.05) is 10.6 Å². The van der Waals surface area contributed by atoms with E-state index in [4.69, 9.17) is 21.3 Å². The zero-order valence-corrected chi connectivity index (χ0v) is 23.6. The number of anilines is 2. The largest absolute Gasteiger partial charge is 0.460 e. The summed E-state index contributed by atoms with van der Waals surface area (Å²) in [7, 11) is 0. The third-order valence-electron chi connectivity index (χ3n) is 8.46. The highest BCUT2D eigenvalue weighted by Crippen LogP contribution is 2.55. The van der Waals surface area contributed by atoms with Gasteiger partial charge in [0.1, 0.15) is 16.9 Å². The van der Waals surface area contributed by atoms with Crippen LogP contribution in [0, 0.1) is 5.41 Å². The van der Waals surface area contributed by atoms with Gasteiger partial charge in [-0.3, -0.25) is 4.79 Å². The van der Waals surface area contributed by atoms with Gasteiger partial charge >= 0.3 is 5.97 Å². The van der Waals surface area contributed by atoms with E-state index in [0.29, 0.717) is 11.1 Å². The molecule has 0 radical (unpaired) electrons. The summed E-state index contributed by atoms with van der Waals surface area (Å²) in [6, 6.07) is 6.26. The summed E-state index contributed by atoms with van der Waals surface area (Å²) in [6.45, 7) is 9.67. The molecule has 1 unspecified atom stereocenters. The molecule has 0 saturated heterocycles. The molecule has 0 spiro atoms. The first-order valence-electron chi connectivity index (χ1n) is 13.5. The Morgan fingerprint density at radius 2 is 1.66 bits per heavy atom. The molecule has 3 fully saturated rings. The molecule has 2 atom stereocenters. The van der Waals surface area contributed by atoms with Crippen LogP contribution in [0.2, 0.25) is 5.15 Å². The highest BCUT2D eigenvalue weighted by atomic mass is 35.5. The number of aromatic nitrogens is 4. The van der Waals surface area contributed by atoms with E-state index in [1.54, 1.807) is 18.6 Å². The van der Waals surface area contributed by atoms with Gasteiger partial charge in [0, 0.05) is 41.1 Å². The van der Waals surface area contributed by atoms with Crippen LogP contribution < -0.4 is 10.6 Å². The molecule has 9 heteroatoms. The molecule has 38 heavy (non-hydrogen) atoms. The lowest BCUT2D eigenvalue weighted by Gasteiger charge is -2.56. The number of hydrogen-bond donors (Lipinski definition) is 2. The first-order chi connectivity index (χ1) is 18.0. The summed E-state index contributed by atoms with van der Waals surface area (Å²) < 4.78 is 5.50. The lowest BCUT2D eigenvalue weighted by atomic mass is 9.55. The SMILES string of the molecule is CC(C(=O)OC(C)(C)C)c1cnc(N[C@@H](C)C23CCC(Nc4ccc5ccnc(Cl)c5n4)(CC2)CC3)nc1. The first-order valence-corrected chi connectivity index (χ1v) is 13.9. The van der Waals surface area contributed by atoms with Crippen molar-refractivity contribution < 1.29 is 9.53 Å². The number of nitrogens with one attached hydrogen (secondary N) is 2. The Bertz CT molecular complexity index is 1300. The zero-order valence-electron chi connectivity index (χ0n) is 22.8. The predicted molar refractivity (Wildman–Crippen MR) is 150 cm³/mol. The minimum absolute atomic E-state index is 0.0623. The number of nitrogens with zero attached hydrogens (tertiary/aromatic N) is 4. The Balaban J connectivity index is 1.20. The van der Waals surface area contributed by atoms with Gasteiger partial charge in [0.15, 0.2) is 5.15 Å². The van der Waals surface area contributed by atoms with Gasteiger partial charge in [-0.25, -0.2) is 19.9 Å². The average molecular weight is 537 g/mol. The van der Waals surface area contributed by atoms with E-state index in [1.165, 1.54) is 0 Å². The molecule has 202 valence electrons. The van der Waals surface area contributed by atoms with Gasteiger partial charge in [-0.15, -0.1) is 0 Å². The number of halogens is 1. The van der Waals surface area contributed by atoms with Gasteiger partial charge in [0.2, 0.25) is 5.95 Å². The molecular weight excluding hydrogens is 500 g/mol. The highest BCUT2D eigenvalue weighted by molar-refractivity contribution is 6.33. The van der Waals surface area contributed by atoms with Crippen LogP contribution in [0.1, 0.15) is 84.6 Å². The summed E-state index contributed by atoms with van der Waals surface area (Å²) >= 11 is 6.29. The number of fused-ring (bicyclic) bond motifs is 4. The Labute approximate surface area is 229 Å². The molecule has 0 aliphatic heterocycles. The quantitative estimate of drug-likeness (QED) is 0.260. The Morgan fingerprint density at radius 1 is 1.00 bits per heavy atom. The Kier molecular flexibility index (Phi) is 6.97. The Morgan fingerprint density at radius 3 is 2.29 bits per heavy atom. The van der Waals surface area contributed by atoms with E-state index in [0.717, 1.165) is 60.8 Å². The second-order valence-electron chi connectivity index (χ2n) is 12.1. The third-order valence-corrected chi connectivity index (χ3v) is 8.73. The molecule has 3 aromatic rings. The number of ether oxygens (including phenoxy) is 1. The lowest BCUT2D eigenvalue weighted by Crippen LogP contribution is -2.55. The maximum absolute atomic E-state index is 12.4. The maximum Gasteiger partial charge on any atom is 0.313 e. The fraction of sp³-hybridized carbons (Fsp3) is 0.552. The zero-order chi connectivity index (χ0) is 27.1. The van der Waals surface area contributed by atoms with Crippen molar-refractivity contribution in [1.82, 2.24) is 19.9 Å². The van der Waals surface area contributed by atoms with Crippen LogP contribution >= 0.6 is 11.6 Å². The molecule has 0 aromatic carbocycles. The molecule has 2 bridgehead atoms. The van der Waals surface area contributed by atoms with E-state index in [1.807, 2.05) is 39.8 Å². The van der Waals surface area contributed by atoms with E-state index in [2.05, 4.69) is 38.6 Å². The minimum Gasteiger partial charge on any atom is -0.460 e. The van der Waals surface area contributed by atoms with Crippen molar-refractivity contribution in [1.29, 1.82) is 0 Å². The fourth-order valence-corrected chi connectivity index (χ4v) is 6.12. The normalized spacial score (nSPS) is 24.6. The number of esters is 1. The average Bonchev–Trinajstić information content (AvgIpc) is 2.89. The second-order valence-corrected chi connectivity index (χ2v) is 12.5. The number of carbonyl (C=O) groups excluding carboxylic acids is 1. The topological polar surface area (TPSA) is 102 Å². The Hall–Kier alpha value is -3.00. The summed E-state index contributed by atoms with van der Waals surface area (Å²) in [6.07, 6.45) is 11.8. The summed E-state index contributed by atoms with van der Waals surface area (Å²) in [5.74, 6) is 0.774. The van der Waals surface area contributed by atoms with E-state index >= 15 is 0 Å². The number of rotatable bonds is 7. The van der Waals surface area contributed by atoms with Crippen LogP contribution in [-0.2, 0) is 9.53 Å². The van der Waals surface area contributed by atoms with Crippen molar-refractivity contribution in [3.8, 4) is 0 Å². The van der Waals surface area contributed by atoms with Crippen LogP contribution in [0.15, 0.2) is 36.8 Å². The van der Waals surface area contributed by atoms with Gasteiger partial charge in [0.05, 0.1) is 5.92 Å². The first kappa shape index (κ1) is 26.6. The van der Waals surface area contributed by atoms with Gasteiger partial charge in [0.25, 0.3) is 0 Å². The van der Waals surface area contributed by atoms with Crippen LogP contribution in [0.4, 0.5) is 11.8 Å². The molecular formula is C29H37ClN6O2. The molecule has 3 saturated carbocycles. The molecule has 0 amide bonds. The maximum atomic E-state index is 12.4. The lowest BCUT2D eigenvalue weighted by molar-refractivity contribution is -0.156. The van der Waals surface area contributed by atoms with Crippen LogP contribution in [0.25, 0.3) is 10.9 Å². The van der Waals surface area contributed by atoms with Crippen molar-refractivity contribution in [3.05, 3.63) is 47.5 Å². The second kappa shape index (κ2) is 9.95. The molecule has 3 aromatic heterocycles. The summed E-state index contributed by atoms with van der Waals surface area (Å²) in [5, 5.41) is 8.75. The smallest absolute Gasteiger partial charge is 0.313 e. The molecule has 8 nitrogen and oxygen atoms in total. The standard InChI is InChI=1S/C29H37ClN6O2/c1-18(25(37)38-27(3,4)5)21-16-32-26(33-17-21)34-19(2)28-9-12-29(13-10-28,14-11-28)36-22-7-6-20-8-15-31-24(30)23(20)35-22/h6-8,15-19H,9-14H2,1-5H3,(H,35,36)(H,32,33,34)/t18?,19-,28?,29?/m0/s1. The molecule has 3 aliphatic rings. The van der Waals surface area contributed by atoms with Crippen molar-refractivity contribution in [2.24, 2.45) is 5.41 Å². The number of pyridine rings is 2. The monoisotopic (exact) mass is 536 g/mol. The minimum atomic E-state index is -0.521. The van der Waals surface area contributed by atoms with E-state index in [9.17, 15) is 4.79 Å². The fourth-order valence-electron chi connectivity index (χ4n) is 5.92. The highest BCUT2D eigenvalue weighted by Gasteiger charge is 2.51. The van der Waals surface area contributed by atoms with Gasteiger partial charge in [-0.2, -0.15) is 0 Å². The van der Waals surface area contributed by atoms with Gasteiger partial charge < -0.3 is 15.4 Å². The molecule has 6 rings (SSSR count). The molecule has 3 aliphatic carbocycles. The molecule has 2 N–H and O–H groups in total. The third kappa shape index (κ3) is 5.41. The summed E-state index contributed by atoms with van der Waals surface area (Å²) in [4.78, 5) is 30.4. The van der Waals surface area contributed by atoms with E-state index in [-0.39, 0.29) is 23.0 Å². The number of hydrogen-bond acceptors (Lipinski definition) is 8. The molecule has 3 heterocycles. The predicted octanol–water partition coefficient (Wildman–Crippen LogP) is 6.52. The van der Waals surface area contributed by atoms with Gasteiger partial charge in [-0.05, 0) is 96.8 Å². The van der Waals surface area contributed by atoms with Gasteiger partial charge in [-0.1, -0.05) is 11.6 Å². The summed E-state index contributed by atoms with van der Waals surface area (Å²) in [5.41, 5.74) is 1.24. The number of carbonyl (C=O) groups is 1. The van der Waals surface area contributed by atoms with Crippen molar-refractivity contribution in [2.45, 2.75) is 96.2 Å². The van der Waals surface area contributed by atoms with E-state index < -0.39 is 11.5 Å². The van der Waals surface area contributed by atoms with Crippen molar-refractivity contribution >= 4 is 40.2 Å². The van der Waals surface area contributed by atoms with Crippen LogP contribution in [0.3, 0.4) is 0 Å². The van der Waals surface area contributed by atoms with Crippen molar-refractivity contribution in [3.63, 3.8) is 0 Å². The van der Waals surface area contributed by atoms with Crippen LogP contribution in [-0.4, -0.2) is 43.1 Å². The van der Waals surface area contributed by atoms with Crippen LogP contribution in [0.5, 0.6) is 0 Å².